The molecule has 2 aliphatic heterocycles. The quantitative estimate of drug-likeness (QED) is 0.856. The molecule has 1 aromatic heterocycles. The fourth-order valence-corrected chi connectivity index (χ4v) is 4.57. The fraction of sp³-hybridized carbons (Fsp3) is 0.522. The zero-order valence-corrected chi connectivity index (χ0v) is 17.2. The number of hydrogen-bond acceptors (Lipinski definition) is 4. The second kappa shape index (κ2) is 8.80. The number of pyridine rings is 1. The highest BCUT2D eigenvalue weighted by molar-refractivity contribution is 6.07. The minimum atomic E-state index is -0.159. The van der Waals surface area contributed by atoms with Crippen molar-refractivity contribution >= 4 is 34.0 Å². The zero-order chi connectivity index (χ0) is 20.2. The standard InChI is InChI=1S/C23H30N4O2/c1-2-22(28)27-14-6-7-17(16-27)23(29)25-20-8-9-21(26-12-4-3-5-13-26)18-10-11-24-15-19(18)20/h8-11,15,17H,2-7,12-14,16H2,1H3,(H,25,29). The van der Waals surface area contributed by atoms with Crippen molar-refractivity contribution in [3.8, 4) is 0 Å². The lowest BCUT2D eigenvalue weighted by molar-refractivity contribution is -0.134. The van der Waals surface area contributed by atoms with Crippen LogP contribution in [0.3, 0.4) is 0 Å². The van der Waals surface area contributed by atoms with Crippen LogP contribution >= 0.6 is 0 Å². The van der Waals surface area contributed by atoms with E-state index in [4.69, 9.17) is 0 Å². The first-order valence-electron chi connectivity index (χ1n) is 10.9. The van der Waals surface area contributed by atoms with E-state index >= 15 is 0 Å². The number of fused-ring (bicyclic) bond motifs is 1. The number of aromatic nitrogens is 1. The maximum absolute atomic E-state index is 13.0. The van der Waals surface area contributed by atoms with Crippen LogP contribution in [0.4, 0.5) is 11.4 Å². The van der Waals surface area contributed by atoms with Crippen LogP contribution in [0.15, 0.2) is 30.6 Å². The number of nitrogens with one attached hydrogen (secondary N) is 1. The van der Waals surface area contributed by atoms with Gasteiger partial charge in [-0.2, -0.15) is 0 Å². The summed E-state index contributed by atoms with van der Waals surface area (Å²) in [5.41, 5.74) is 2.02. The van der Waals surface area contributed by atoms with Crippen LogP contribution in [0.1, 0.15) is 45.4 Å². The predicted molar refractivity (Wildman–Crippen MR) is 116 cm³/mol. The summed E-state index contributed by atoms with van der Waals surface area (Å²) in [5, 5.41) is 5.23. The first-order valence-corrected chi connectivity index (χ1v) is 10.9. The second-order valence-corrected chi connectivity index (χ2v) is 8.12. The average Bonchev–Trinajstić information content (AvgIpc) is 2.79. The molecule has 2 fully saturated rings. The van der Waals surface area contributed by atoms with E-state index in [0.29, 0.717) is 13.0 Å². The predicted octanol–water partition coefficient (Wildman–Crippen LogP) is 3.81. The van der Waals surface area contributed by atoms with Crippen molar-refractivity contribution < 1.29 is 9.59 Å². The van der Waals surface area contributed by atoms with Gasteiger partial charge in [-0.15, -0.1) is 0 Å². The molecule has 3 heterocycles. The van der Waals surface area contributed by atoms with Crippen molar-refractivity contribution in [2.24, 2.45) is 5.92 Å². The maximum Gasteiger partial charge on any atom is 0.229 e. The van der Waals surface area contributed by atoms with Gasteiger partial charge in [-0.3, -0.25) is 14.6 Å². The Balaban J connectivity index is 1.55. The Morgan fingerprint density at radius 1 is 1.07 bits per heavy atom. The van der Waals surface area contributed by atoms with E-state index in [2.05, 4.69) is 21.3 Å². The molecule has 2 saturated heterocycles. The van der Waals surface area contributed by atoms with Crippen LogP contribution in [-0.4, -0.2) is 47.9 Å². The summed E-state index contributed by atoms with van der Waals surface area (Å²) in [6.07, 6.45) is 9.58. The van der Waals surface area contributed by atoms with Crippen LogP contribution in [0.25, 0.3) is 10.8 Å². The summed E-state index contributed by atoms with van der Waals surface area (Å²) in [4.78, 5) is 33.6. The third kappa shape index (κ3) is 4.21. The van der Waals surface area contributed by atoms with Gasteiger partial charge in [-0.25, -0.2) is 0 Å². The topological polar surface area (TPSA) is 65.5 Å². The normalized spacial score (nSPS) is 20.0. The third-order valence-electron chi connectivity index (χ3n) is 6.20. The first-order chi connectivity index (χ1) is 14.2. The van der Waals surface area contributed by atoms with Gasteiger partial charge in [0.2, 0.25) is 11.8 Å². The van der Waals surface area contributed by atoms with Crippen molar-refractivity contribution in [2.75, 3.05) is 36.4 Å². The maximum atomic E-state index is 13.0. The molecule has 154 valence electrons. The van der Waals surface area contributed by atoms with Crippen molar-refractivity contribution in [3.05, 3.63) is 30.6 Å². The van der Waals surface area contributed by atoms with Crippen LogP contribution < -0.4 is 10.2 Å². The number of carbonyl (C=O) groups is 2. The third-order valence-corrected chi connectivity index (χ3v) is 6.20. The van der Waals surface area contributed by atoms with E-state index < -0.39 is 0 Å². The largest absolute Gasteiger partial charge is 0.371 e. The van der Waals surface area contributed by atoms with Gasteiger partial charge in [0, 0.05) is 61.5 Å². The van der Waals surface area contributed by atoms with Crippen molar-refractivity contribution in [2.45, 2.75) is 45.4 Å². The number of benzene rings is 1. The SMILES string of the molecule is CCC(=O)N1CCCC(C(=O)Nc2ccc(N3CCCCC3)c3ccncc23)C1. The molecule has 1 atom stereocenters. The van der Waals surface area contributed by atoms with Gasteiger partial charge in [0.15, 0.2) is 0 Å². The number of nitrogens with zero attached hydrogens (tertiary/aromatic N) is 3. The number of hydrogen-bond donors (Lipinski definition) is 1. The smallest absolute Gasteiger partial charge is 0.229 e. The van der Waals surface area contributed by atoms with Gasteiger partial charge in [0.05, 0.1) is 11.6 Å². The molecule has 1 unspecified atom stereocenters. The molecule has 2 amide bonds. The Morgan fingerprint density at radius 3 is 2.69 bits per heavy atom. The molecule has 6 heteroatoms. The Morgan fingerprint density at radius 2 is 1.90 bits per heavy atom. The molecule has 0 spiro atoms. The number of rotatable bonds is 4. The second-order valence-electron chi connectivity index (χ2n) is 8.12. The summed E-state index contributed by atoms with van der Waals surface area (Å²) in [5.74, 6) is -0.0368. The van der Waals surface area contributed by atoms with E-state index in [1.54, 1.807) is 0 Å². The monoisotopic (exact) mass is 394 g/mol. The highest BCUT2D eigenvalue weighted by Crippen LogP contribution is 2.33. The average molecular weight is 395 g/mol. The van der Waals surface area contributed by atoms with Crippen LogP contribution in [0.2, 0.25) is 0 Å². The highest BCUT2D eigenvalue weighted by atomic mass is 16.2. The summed E-state index contributed by atoms with van der Waals surface area (Å²) in [6, 6.07) is 6.16. The molecule has 4 rings (SSSR count). The van der Waals surface area contributed by atoms with E-state index in [1.807, 2.05) is 36.4 Å². The van der Waals surface area contributed by atoms with Crippen LogP contribution in [0.5, 0.6) is 0 Å². The van der Waals surface area contributed by atoms with E-state index in [9.17, 15) is 9.59 Å². The first kappa shape index (κ1) is 19.7. The number of amides is 2. The van der Waals surface area contributed by atoms with Gasteiger partial charge < -0.3 is 15.1 Å². The minimum absolute atomic E-state index is 0.00511. The van der Waals surface area contributed by atoms with Crippen molar-refractivity contribution in [1.29, 1.82) is 0 Å². The molecule has 0 aliphatic carbocycles. The molecule has 2 aromatic rings. The Bertz CT molecular complexity index is 892. The molecule has 0 radical (unpaired) electrons. The Kier molecular flexibility index (Phi) is 5.97. The van der Waals surface area contributed by atoms with Gasteiger partial charge in [0.1, 0.15) is 0 Å². The molecule has 1 N–H and O–H groups in total. The summed E-state index contributed by atoms with van der Waals surface area (Å²) in [7, 11) is 0. The summed E-state index contributed by atoms with van der Waals surface area (Å²) < 4.78 is 0. The lowest BCUT2D eigenvalue weighted by Crippen LogP contribution is -2.43. The molecular weight excluding hydrogens is 364 g/mol. The summed E-state index contributed by atoms with van der Waals surface area (Å²) >= 11 is 0. The molecule has 2 aliphatic rings. The Hall–Kier alpha value is -2.63. The molecule has 6 nitrogen and oxygen atoms in total. The Labute approximate surface area is 172 Å². The molecular formula is C23H30N4O2. The zero-order valence-electron chi connectivity index (χ0n) is 17.2. The van der Waals surface area contributed by atoms with Gasteiger partial charge in [-0.05, 0) is 50.3 Å². The summed E-state index contributed by atoms with van der Waals surface area (Å²) in [6.45, 7) is 5.29. The van der Waals surface area contributed by atoms with E-state index in [1.165, 1.54) is 24.9 Å². The fourth-order valence-electron chi connectivity index (χ4n) is 4.57. The van der Waals surface area contributed by atoms with Gasteiger partial charge in [-0.1, -0.05) is 6.92 Å². The minimum Gasteiger partial charge on any atom is -0.371 e. The van der Waals surface area contributed by atoms with Crippen molar-refractivity contribution in [1.82, 2.24) is 9.88 Å². The highest BCUT2D eigenvalue weighted by Gasteiger charge is 2.28. The molecule has 29 heavy (non-hydrogen) atoms. The van der Waals surface area contributed by atoms with E-state index in [-0.39, 0.29) is 17.7 Å². The van der Waals surface area contributed by atoms with Gasteiger partial charge in [0.25, 0.3) is 0 Å². The molecule has 0 bridgehead atoms. The van der Waals surface area contributed by atoms with Crippen LogP contribution in [-0.2, 0) is 9.59 Å². The van der Waals surface area contributed by atoms with Crippen molar-refractivity contribution in [3.63, 3.8) is 0 Å². The number of likely N-dealkylation sites (tertiary alicyclic amines) is 1. The van der Waals surface area contributed by atoms with Gasteiger partial charge >= 0.3 is 0 Å². The van der Waals surface area contributed by atoms with E-state index in [0.717, 1.165) is 48.9 Å². The molecule has 0 saturated carbocycles. The number of anilines is 2. The number of piperidine rings is 2. The lowest BCUT2D eigenvalue weighted by atomic mass is 9.96. The lowest BCUT2D eigenvalue weighted by Gasteiger charge is -2.32. The number of carbonyl (C=O) groups excluding carboxylic acids is 2. The van der Waals surface area contributed by atoms with Crippen LogP contribution in [0, 0.1) is 5.92 Å². The molecule has 1 aromatic carbocycles.